The number of amides is 1. The summed E-state index contributed by atoms with van der Waals surface area (Å²) in [4.78, 5) is 12.2. The average Bonchev–Trinajstić information content (AvgIpc) is 2.60. The van der Waals surface area contributed by atoms with Gasteiger partial charge in [0.2, 0.25) is 0 Å². The summed E-state index contributed by atoms with van der Waals surface area (Å²) >= 11 is 3.48. The Morgan fingerprint density at radius 2 is 1.84 bits per heavy atom. The summed E-state index contributed by atoms with van der Waals surface area (Å²) in [5, 5.41) is 2.77. The Balaban J connectivity index is 1.99. The van der Waals surface area contributed by atoms with E-state index in [1.165, 1.54) is 12.7 Å². The maximum atomic E-state index is 12.2. The van der Waals surface area contributed by atoms with Gasteiger partial charge in [-0.1, -0.05) is 19.9 Å². The quantitative estimate of drug-likeness (QED) is 0.727. The Labute approximate surface area is 156 Å². The van der Waals surface area contributed by atoms with Crippen LogP contribution in [0, 0.1) is 0 Å². The number of hydrogen-bond donors (Lipinski definition) is 1. The van der Waals surface area contributed by atoms with Gasteiger partial charge in [0.1, 0.15) is 17.2 Å². The maximum Gasteiger partial charge on any atom is 0.262 e. The lowest BCUT2D eigenvalue weighted by Gasteiger charge is -2.13. The minimum absolute atomic E-state index is 0.102. The Morgan fingerprint density at radius 3 is 2.44 bits per heavy atom. The van der Waals surface area contributed by atoms with Gasteiger partial charge < -0.3 is 19.5 Å². The van der Waals surface area contributed by atoms with Gasteiger partial charge in [0.15, 0.2) is 6.61 Å². The number of nitrogens with one attached hydrogen (secondary N) is 1. The number of carbonyl (C=O) groups is 1. The molecule has 0 atom stereocenters. The van der Waals surface area contributed by atoms with Crippen LogP contribution in [-0.4, -0.2) is 26.7 Å². The zero-order valence-electron chi connectivity index (χ0n) is 14.8. The van der Waals surface area contributed by atoms with Crippen LogP contribution in [0.5, 0.6) is 17.2 Å². The van der Waals surface area contributed by atoms with Crippen molar-refractivity contribution in [3.05, 3.63) is 46.4 Å². The highest BCUT2D eigenvalue weighted by atomic mass is 79.9. The van der Waals surface area contributed by atoms with E-state index >= 15 is 0 Å². The monoisotopic (exact) mass is 407 g/mol. The summed E-state index contributed by atoms with van der Waals surface area (Å²) in [6.45, 7) is 4.14. The standard InChI is InChI=1S/C19H22BrNO4/c1-12(2)13-5-8-17(15(20)9-13)25-11-19(22)21-16-7-6-14(23-3)10-18(16)24-4/h5-10,12H,11H2,1-4H3,(H,21,22). The first-order chi connectivity index (χ1) is 11.9. The van der Waals surface area contributed by atoms with Crippen molar-refractivity contribution in [1.82, 2.24) is 0 Å². The van der Waals surface area contributed by atoms with Crippen molar-refractivity contribution in [1.29, 1.82) is 0 Å². The fraction of sp³-hybridized carbons (Fsp3) is 0.316. The van der Waals surface area contributed by atoms with Gasteiger partial charge in [-0.25, -0.2) is 0 Å². The topological polar surface area (TPSA) is 56.8 Å². The van der Waals surface area contributed by atoms with Gasteiger partial charge in [0, 0.05) is 6.07 Å². The number of halogens is 1. The van der Waals surface area contributed by atoms with Gasteiger partial charge in [-0.15, -0.1) is 0 Å². The molecule has 2 rings (SSSR count). The molecule has 0 saturated carbocycles. The molecule has 0 saturated heterocycles. The number of anilines is 1. The molecule has 2 aromatic carbocycles. The Bertz CT molecular complexity index is 746. The van der Waals surface area contributed by atoms with Gasteiger partial charge in [0.05, 0.1) is 24.4 Å². The van der Waals surface area contributed by atoms with Crippen LogP contribution < -0.4 is 19.5 Å². The molecule has 1 amide bonds. The minimum Gasteiger partial charge on any atom is -0.497 e. The van der Waals surface area contributed by atoms with E-state index in [2.05, 4.69) is 35.1 Å². The normalized spacial score (nSPS) is 10.5. The van der Waals surface area contributed by atoms with E-state index in [9.17, 15) is 4.79 Å². The number of benzene rings is 2. The van der Waals surface area contributed by atoms with Gasteiger partial charge in [-0.3, -0.25) is 4.79 Å². The van der Waals surface area contributed by atoms with E-state index < -0.39 is 0 Å². The highest BCUT2D eigenvalue weighted by molar-refractivity contribution is 9.10. The molecule has 0 fully saturated rings. The first-order valence-electron chi connectivity index (χ1n) is 7.88. The van der Waals surface area contributed by atoms with E-state index in [4.69, 9.17) is 14.2 Å². The molecule has 134 valence electrons. The van der Waals surface area contributed by atoms with Crippen LogP contribution >= 0.6 is 15.9 Å². The van der Waals surface area contributed by atoms with Gasteiger partial charge >= 0.3 is 0 Å². The lowest BCUT2D eigenvalue weighted by atomic mass is 10.0. The lowest BCUT2D eigenvalue weighted by molar-refractivity contribution is -0.118. The predicted molar refractivity (Wildman–Crippen MR) is 102 cm³/mol. The molecule has 1 N–H and O–H groups in total. The highest BCUT2D eigenvalue weighted by Crippen LogP contribution is 2.30. The summed E-state index contributed by atoms with van der Waals surface area (Å²) in [6.07, 6.45) is 0. The van der Waals surface area contributed by atoms with Crippen LogP contribution in [0.4, 0.5) is 5.69 Å². The third kappa shape index (κ3) is 5.13. The Morgan fingerprint density at radius 1 is 1.08 bits per heavy atom. The molecule has 0 bridgehead atoms. The zero-order valence-corrected chi connectivity index (χ0v) is 16.3. The van der Waals surface area contributed by atoms with Crippen molar-refractivity contribution in [2.75, 3.05) is 26.1 Å². The molecular weight excluding hydrogens is 386 g/mol. The van der Waals surface area contributed by atoms with Crippen molar-refractivity contribution in [3.63, 3.8) is 0 Å². The first kappa shape index (κ1) is 19.1. The predicted octanol–water partition coefficient (Wildman–Crippen LogP) is 4.61. The second kappa shape index (κ2) is 8.76. The average molecular weight is 408 g/mol. The molecule has 0 spiro atoms. The smallest absolute Gasteiger partial charge is 0.262 e. The van der Waals surface area contributed by atoms with Gasteiger partial charge in [-0.05, 0) is 51.7 Å². The fourth-order valence-corrected chi connectivity index (χ4v) is 2.74. The van der Waals surface area contributed by atoms with Crippen molar-refractivity contribution in [2.45, 2.75) is 19.8 Å². The largest absolute Gasteiger partial charge is 0.497 e. The number of ether oxygens (including phenoxy) is 3. The van der Waals surface area contributed by atoms with E-state index in [-0.39, 0.29) is 12.5 Å². The van der Waals surface area contributed by atoms with E-state index in [0.29, 0.717) is 28.9 Å². The van der Waals surface area contributed by atoms with Gasteiger partial charge in [-0.2, -0.15) is 0 Å². The second-order valence-corrected chi connectivity index (χ2v) is 6.60. The molecule has 6 heteroatoms. The van der Waals surface area contributed by atoms with Crippen molar-refractivity contribution >= 4 is 27.5 Å². The zero-order chi connectivity index (χ0) is 18.4. The minimum atomic E-state index is -0.275. The Kier molecular flexibility index (Phi) is 6.70. The van der Waals surface area contributed by atoms with Crippen LogP contribution in [0.3, 0.4) is 0 Å². The maximum absolute atomic E-state index is 12.2. The van der Waals surface area contributed by atoms with Crippen molar-refractivity contribution in [3.8, 4) is 17.2 Å². The van der Waals surface area contributed by atoms with E-state index in [0.717, 1.165) is 4.47 Å². The number of methoxy groups -OCH3 is 2. The molecule has 0 aromatic heterocycles. The molecule has 0 heterocycles. The molecular formula is C19H22BrNO4. The van der Waals surface area contributed by atoms with Crippen molar-refractivity contribution < 1.29 is 19.0 Å². The summed E-state index contributed by atoms with van der Waals surface area (Å²) in [6, 6.07) is 11.0. The molecule has 2 aromatic rings. The molecule has 0 aliphatic heterocycles. The number of carbonyl (C=O) groups excluding carboxylic acids is 1. The summed E-state index contributed by atoms with van der Waals surface area (Å²) < 4.78 is 16.8. The third-order valence-corrected chi connectivity index (χ3v) is 4.28. The number of rotatable bonds is 7. The molecule has 0 unspecified atom stereocenters. The molecule has 0 radical (unpaired) electrons. The third-order valence-electron chi connectivity index (χ3n) is 3.66. The first-order valence-corrected chi connectivity index (χ1v) is 8.68. The van der Waals surface area contributed by atoms with Gasteiger partial charge in [0.25, 0.3) is 5.91 Å². The van der Waals surface area contributed by atoms with E-state index in [1.54, 1.807) is 25.3 Å². The summed E-state index contributed by atoms with van der Waals surface area (Å²) in [5.74, 6) is 1.95. The van der Waals surface area contributed by atoms with Crippen LogP contribution in [0.1, 0.15) is 25.3 Å². The molecule has 0 aliphatic carbocycles. The van der Waals surface area contributed by atoms with Crippen LogP contribution in [0.25, 0.3) is 0 Å². The summed E-state index contributed by atoms with van der Waals surface area (Å²) in [7, 11) is 3.11. The van der Waals surface area contributed by atoms with Crippen LogP contribution in [0.15, 0.2) is 40.9 Å². The lowest BCUT2D eigenvalue weighted by Crippen LogP contribution is -2.20. The second-order valence-electron chi connectivity index (χ2n) is 5.75. The highest BCUT2D eigenvalue weighted by Gasteiger charge is 2.11. The SMILES string of the molecule is COc1ccc(NC(=O)COc2ccc(C(C)C)cc2Br)c(OC)c1. The molecule has 5 nitrogen and oxygen atoms in total. The molecule has 25 heavy (non-hydrogen) atoms. The van der Waals surface area contributed by atoms with Crippen LogP contribution in [0.2, 0.25) is 0 Å². The van der Waals surface area contributed by atoms with Crippen LogP contribution in [-0.2, 0) is 4.79 Å². The fourth-order valence-electron chi connectivity index (χ4n) is 2.22. The summed E-state index contributed by atoms with van der Waals surface area (Å²) in [5.41, 5.74) is 1.76. The van der Waals surface area contributed by atoms with E-state index in [1.807, 2.05) is 18.2 Å². The number of hydrogen-bond acceptors (Lipinski definition) is 4. The Hall–Kier alpha value is -2.21. The molecule has 0 aliphatic rings. The van der Waals surface area contributed by atoms with Crippen molar-refractivity contribution in [2.24, 2.45) is 0 Å².